The molecule has 3 heterocycles. The average molecular weight is 602 g/mol. The molecule has 6 rings (SSSR count). The maximum absolute atomic E-state index is 13.9. The Hall–Kier alpha value is -4.61. The molecule has 0 saturated carbocycles. The van der Waals surface area contributed by atoms with Gasteiger partial charge >= 0.3 is 16.9 Å². The lowest BCUT2D eigenvalue weighted by molar-refractivity contribution is -0.274. The monoisotopic (exact) mass is 601 g/mol. The van der Waals surface area contributed by atoms with Gasteiger partial charge in [0.15, 0.2) is 5.43 Å². The third kappa shape index (κ3) is 5.12. The predicted molar refractivity (Wildman–Crippen MR) is 144 cm³/mol. The van der Waals surface area contributed by atoms with Gasteiger partial charge in [0.1, 0.15) is 17.1 Å². The number of pyridine rings is 1. The van der Waals surface area contributed by atoms with E-state index in [1.807, 2.05) is 10.6 Å². The molecule has 0 atom stereocenters. The molecule has 0 unspecified atom stereocenters. The molecular weight excluding hydrogens is 582 g/mol. The Balaban J connectivity index is 1.72. The van der Waals surface area contributed by atoms with Crippen LogP contribution in [-0.2, 0) is 15.2 Å². The number of nitriles is 1. The van der Waals surface area contributed by atoms with E-state index in [0.29, 0.717) is 48.2 Å². The first kappa shape index (κ1) is 27.6. The highest BCUT2D eigenvalue weighted by Gasteiger charge is 2.33. The van der Waals surface area contributed by atoms with Crippen LogP contribution in [0.25, 0.3) is 44.0 Å². The van der Waals surface area contributed by atoms with Gasteiger partial charge in [0.2, 0.25) is 0 Å². The van der Waals surface area contributed by atoms with Crippen LogP contribution in [-0.4, -0.2) is 37.5 Å². The Morgan fingerprint density at radius 1 is 1.05 bits per heavy atom. The summed E-state index contributed by atoms with van der Waals surface area (Å²) in [4.78, 5) is 17.2. The van der Waals surface area contributed by atoms with Gasteiger partial charge in [-0.3, -0.25) is 4.79 Å². The van der Waals surface area contributed by atoms with Crippen LogP contribution in [0, 0.1) is 11.3 Å². The van der Waals surface area contributed by atoms with Gasteiger partial charge in [0.05, 0.1) is 27.9 Å². The van der Waals surface area contributed by atoms with Crippen molar-refractivity contribution in [2.75, 3.05) is 13.2 Å². The second-order valence-electron chi connectivity index (χ2n) is 9.68. The van der Waals surface area contributed by atoms with Crippen molar-refractivity contribution in [2.45, 2.75) is 25.2 Å². The molecule has 5 aromatic rings. The summed E-state index contributed by atoms with van der Waals surface area (Å²) in [6.07, 6.45) is -4.06. The maximum atomic E-state index is 13.9. The molecule has 3 aromatic carbocycles. The summed E-state index contributed by atoms with van der Waals surface area (Å²) >= 11 is 0. The van der Waals surface area contributed by atoms with Crippen LogP contribution in [0.5, 0.6) is 11.5 Å². The number of H-pyrrole nitrogens is 1. The summed E-state index contributed by atoms with van der Waals surface area (Å²) in [5, 5.41) is 10.1. The molecule has 0 radical (unpaired) electrons. The molecule has 2 aromatic heterocycles. The highest BCUT2D eigenvalue weighted by atomic mass is 32.3. The number of aromatic amines is 1. The number of halogens is 4. The van der Waals surface area contributed by atoms with Gasteiger partial charge in [-0.15, -0.1) is 13.2 Å². The van der Waals surface area contributed by atoms with Crippen molar-refractivity contribution in [3.05, 3.63) is 70.4 Å². The standard InChI is InChI=1S/C28H19F4N3O6S/c29-28(30,31)40-24-13-21-23(12-20(24)16-2-1-3-18(11-16)41-42(32,37)38)35(17-6-8-39-9-7-17)27-25(26(21)36)19-5-4-15(14-33)10-22(19)34-27/h1-5,10-13,17,34H,6-9H2. The third-order valence-corrected chi connectivity index (χ3v) is 7.49. The average Bonchev–Trinajstić information content (AvgIpc) is 3.30. The lowest BCUT2D eigenvalue weighted by atomic mass is 9.99. The van der Waals surface area contributed by atoms with Gasteiger partial charge < -0.3 is 23.2 Å². The molecule has 1 saturated heterocycles. The van der Waals surface area contributed by atoms with Gasteiger partial charge in [0, 0.05) is 35.7 Å². The maximum Gasteiger partial charge on any atom is 0.573 e. The van der Waals surface area contributed by atoms with Gasteiger partial charge in [0.25, 0.3) is 0 Å². The number of ether oxygens (including phenoxy) is 2. The first-order chi connectivity index (χ1) is 19.9. The van der Waals surface area contributed by atoms with E-state index in [-0.39, 0.29) is 33.5 Å². The van der Waals surface area contributed by atoms with Crippen molar-refractivity contribution in [3.63, 3.8) is 0 Å². The van der Waals surface area contributed by atoms with E-state index < -0.39 is 33.8 Å². The number of nitrogens with zero attached hydrogens (tertiary/aromatic N) is 2. The van der Waals surface area contributed by atoms with Gasteiger partial charge in [-0.05, 0) is 54.8 Å². The smallest absolute Gasteiger partial charge is 0.405 e. The van der Waals surface area contributed by atoms with Gasteiger partial charge in [-0.1, -0.05) is 22.1 Å². The summed E-state index contributed by atoms with van der Waals surface area (Å²) in [7, 11) is -5.41. The van der Waals surface area contributed by atoms with Crippen molar-refractivity contribution < 1.29 is 39.1 Å². The van der Waals surface area contributed by atoms with Crippen molar-refractivity contribution in [1.82, 2.24) is 9.55 Å². The highest BCUT2D eigenvalue weighted by Crippen LogP contribution is 2.41. The van der Waals surface area contributed by atoms with Crippen LogP contribution < -0.4 is 14.3 Å². The molecule has 216 valence electrons. The number of aromatic nitrogens is 2. The zero-order valence-electron chi connectivity index (χ0n) is 21.4. The zero-order valence-corrected chi connectivity index (χ0v) is 22.2. The van der Waals surface area contributed by atoms with Gasteiger partial charge in [-0.25, -0.2) is 0 Å². The number of hydrogen-bond acceptors (Lipinski definition) is 7. The van der Waals surface area contributed by atoms with E-state index in [2.05, 4.69) is 13.9 Å². The van der Waals surface area contributed by atoms with Crippen molar-refractivity contribution in [3.8, 4) is 28.7 Å². The van der Waals surface area contributed by atoms with Crippen LogP contribution in [0.2, 0.25) is 0 Å². The fraction of sp³-hybridized carbons (Fsp3) is 0.214. The van der Waals surface area contributed by atoms with Crippen LogP contribution in [0.1, 0.15) is 24.4 Å². The largest absolute Gasteiger partial charge is 0.573 e. The summed E-state index contributed by atoms with van der Waals surface area (Å²) in [5.74, 6) is -1.20. The minimum atomic E-state index is -5.41. The van der Waals surface area contributed by atoms with E-state index in [0.717, 1.165) is 18.2 Å². The summed E-state index contributed by atoms with van der Waals surface area (Å²) in [5.41, 5.74) is 0.854. The SMILES string of the molecule is N#Cc1ccc2c(c1)[nH]c1c2c(=O)c2cc(OC(F)(F)F)c(-c3cccc(OS(=O)(=O)F)c3)cc2n1C1CCOCC1. The third-order valence-electron chi connectivity index (χ3n) is 7.10. The Kier molecular flexibility index (Phi) is 6.58. The van der Waals surface area contributed by atoms with E-state index in [9.17, 15) is 35.5 Å². The number of hydrogen-bond donors (Lipinski definition) is 1. The fourth-order valence-corrected chi connectivity index (χ4v) is 5.79. The second-order valence-corrected chi connectivity index (χ2v) is 10.6. The number of fused-ring (bicyclic) bond motifs is 4. The quantitative estimate of drug-likeness (QED) is 0.193. The molecule has 0 amide bonds. The van der Waals surface area contributed by atoms with Crippen LogP contribution in [0.3, 0.4) is 0 Å². The fourth-order valence-electron chi connectivity index (χ4n) is 5.46. The second kappa shape index (κ2) is 10.0. The number of rotatable bonds is 5. The Morgan fingerprint density at radius 2 is 1.81 bits per heavy atom. The molecule has 42 heavy (non-hydrogen) atoms. The molecule has 1 aliphatic rings. The van der Waals surface area contributed by atoms with Crippen LogP contribution >= 0.6 is 0 Å². The molecule has 1 aliphatic heterocycles. The zero-order chi connectivity index (χ0) is 29.8. The van der Waals surface area contributed by atoms with E-state index in [1.165, 1.54) is 18.2 Å². The molecule has 1 fully saturated rings. The van der Waals surface area contributed by atoms with E-state index >= 15 is 0 Å². The van der Waals surface area contributed by atoms with Crippen molar-refractivity contribution in [2.24, 2.45) is 0 Å². The molecule has 14 heteroatoms. The predicted octanol–water partition coefficient (Wildman–Crippen LogP) is 6.02. The topological polar surface area (TPSA) is 123 Å². The van der Waals surface area contributed by atoms with Gasteiger partial charge in [-0.2, -0.15) is 13.7 Å². The summed E-state index contributed by atoms with van der Waals surface area (Å²) < 4.78 is 92.0. The molecule has 9 nitrogen and oxygen atoms in total. The molecule has 0 spiro atoms. The van der Waals surface area contributed by atoms with Crippen LogP contribution in [0.15, 0.2) is 59.4 Å². The number of benzene rings is 3. The molecule has 0 bridgehead atoms. The first-order valence-electron chi connectivity index (χ1n) is 12.6. The van der Waals surface area contributed by atoms with Crippen molar-refractivity contribution in [1.29, 1.82) is 5.26 Å². The highest BCUT2D eigenvalue weighted by molar-refractivity contribution is 7.81. The Morgan fingerprint density at radius 3 is 2.50 bits per heavy atom. The minimum absolute atomic E-state index is 0.0127. The summed E-state index contributed by atoms with van der Waals surface area (Å²) in [6.45, 7) is 0.829. The number of alkyl halides is 3. The lowest BCUT2D eigenvalue weighted by Crippen LogP contribution is -2.23. The van der Waals surface area contributed by atoms with E-state index in [1.54, 1.807) is 18.2 Å². The summed E-state index contributed by atoms with van der Waals surface area (Å²) in [6, 6.07) is 13.7. The molecule has 1 N–H and O–H groups in total. The number of nitrogens with one attached hydrogen (secondary N) is 1. The lowest BCUT2D eigenvalue weighted by Gasteiger charge is -2.28. The molecular formula is C28H19F4N3O6S. The van der Waals surface area contributed by atoms with Crippen LogP contribution in [0.4, 0.5) is 17.1 Å². The minimum Gasteiger partial charge on any atom is -0.405 e. The Bertz CT molecular complexity index is 2090. The first-order valence-corrected chi connectivity index (χ1v) is 13.9. The Labute approximate surface area is 234 Å². The van der Waals surface area contributed by atoms with Crippen molar-refractivity contribution >= 4 is 43.3 Å². The van der Waals surface area contributed by atoms with E-state index in [4.69, 9.17) is 4.74 Å². The normalized spacial score (nSPS) is 14.8. The molecule has 0 aliphatic carbocycles.